The number of benzene rings is 1. The van der Waals surface area contributed by atoms with Crippen molar-refractivity contribution in [2.24, 2.45) is 0 Å². The fourth-order valence-electron chi connectivity index (χ4n) is 2.48. The molecule has 3 heterocycles. The van der Waals surface area contributed by atoms with Gasteiger partial charge in [-0.25, -0.2) is 0 Å². The summed E-state index contributed by atoms with van der Waals surface area (Å²) in [5.41, 5.74) is 1.95. The summed E-state index contributed by atoms with van der Waals surface area (Å²) in [6, 6.07) is 15.3. The van der Waals surface area contributed by atoms with Crippen molar-refractivity contribution in [1.82, 2.24) is 9.97 Å². The molecule has 0 aliphatic heterocycles. The van der Waals surface area contributed by atoms with Crippen molar-refractivity contribution in [1.29, 1.82) is 0 Å². The molecule has 4 aromatic rings. The minimum atomic E-state index is -4.89. The zero-order valence-electron chi connectivity index (χ0n) is 15.3. The average Bonchev–Trinajstić information content (AvgIpc) is 3.26. The molecule has 9 heteroatoms. The summed E-state index contributed by atoms with van der Waals surface area (Å²) >= 11 is 1.16. The predicted octanol–water partition coefficient (Wildman–Crippen LogP) is 5.81. The van der Waals surface area contributed by atoms with E-state index in [2.05, 4.69) is 46.1 Å². The van der Waals surface area contributed by atoms with E-state index >= 15 is 0 Å². The van der Waals surface area contributed by atoms with Crippen molar-refractivity contribution >= 4 is 44.7 Å². The molecule has 0 amide bonds. The van der Waals surface area contributed by atoms with E-state index in [0.29, 0.717) is 11.0 Å². The number of halogens is 3. The Morgan fingerprint density at radius 1 is 0.967 bits per heavy atom. The predicted molar refractivity (Wildman–Crippen MR) is 107 cm³/mol. The van der Waals surface area contributed by atoms with Crippen molar-refractivity contribution in [2.45, 2.75) is 6.18 Å². The first kappa shape index (κ1) is 24.6. The van der Waals surface area contributed by atoms with E-state index in [-0.39, 0.29) is 55.1 Å². The first-order valence-corrected chi connectivity index (χ1v) is 9.15. The number of rotatable bonds is 3. The fraction of sp³-hybridized carbons (Fsp3) is 0.0476. The first-order valence-electron chi connectivity index (χ1n) is 8.27. The fourth-order valence-corrected chi connectivity index (χ4v) is 3.18. The van der Waals surface area contributed by atoms with Crippen LogP contribution >= 0.6 is 11.3 Å². The summed E-state index contributed by atoms with van der Waals surface area (Å²) in [7, 11) is 3.00. The second-order valence-corrected chi connectivity index (χ2v) is 6.66. The molecule has 0 atom stereocenters. The van der Waals surface area contributed by atoms with Crippen LogP contribution < -0.4 is 0 Å². The van der Waals surface area contributed by atoms with E-state index in [4.69, 9.17) is 0 Å². The van der Waals surface area contributed by atoms with E-state index in [1.54, 1.807) is 23.8 Å². The second-order valence-electron chi connectivity index (χ2n) is 5.71. The van der Waals surface area contributed by atoms with Gasteiger partial charge in [0, 0.05) is 78.6 Å². The zero-order chi connectivity index (χ0) is 20.9. The molecule has 0 aliphatic rings. The van der Waals surface area contributed by atoms with Gasteiger partial charge < -0.3 is 4.74 Å². The topological polar surface area (TPSA) is 52.1 Å². The number of aromatic nitrogens is 2. The summed E-state index contributed by atoms with van der Waals surface area (Å²) < 4.78 is 40.2. The summed E-state index contributed by atoms with van der Waals surface area (Å²) in [5.74, 6) is -2.15. The molecular weight excluding hydrogens is 553 g/mol. The maximum atomic E-state index is 11.9. The molecule has 4 nitrogen and oxygen atoms in total. The molecule has 4 rings (SSSR count). The molecule has 0 bridgehead atoms. The number of ketones is 1. The summed E-state index contributed by atoms with van der Waals surface area (Å²) in [4.78, 5) is 19.7. The summed E-state index contributed by atoms with van der Waals surface area (Å²) in [5, 5.41) is 3.93. The molecule has 0 unspecified atom stereocenters. The van der Waals surface area contributed by atoms with Gasteiger partial charge in [-0.3, -0.25) is 14.8 Å². The third-order valence-corrected chi connectivity index (χ3v) is 4.69. The Kier molecular flexibility index (Phi) is 9.09. The van der Waals surface area contributed by atoms with Crippen LogP contribution in [0, 0.1) is 56.5 Å². The van der Waals surface area contributed by atoms with E-state index in [1.165, 1.54) is 6.07 Å². The number of carbonyl (C=O) groups is 1. The minimum Gasteiger partial charge on any atom is -0.664 e. The number of nitrogens with zero attached hydrogens (tertiary/aromatic N) is 2. The largest absolute Gasteiger partial charge is 0.664 e. The Hall–Kier alpha value is -1.68. The molecule has 0 aliphatic carbocycles. The number of allylic oxidation sites excluding steroid dienone is 1. The molecule has 3 aromatic heterocycles. The quantitative estimate of drug-likeness (QED) is 0.136. The Bertz CT molecular complexity index is 1110. The van der Waals surface area contributed by atoms with Crippen LogP contribution in [-0.2, 0) is 9.53 Å². The van der Waals surface area contributed by atoms with E-state index in [0.717, 1.165) is 33.1 Å². The zero-order valence-corrected chi connectivity index (χ0v) is 18.5. The van der Waals surface area contributed by atoms with Crippen molar-refractivity contribution < 1.29 is 72.1 Å². The van der Waals surface area contributed by atoms with Crippen LogP contribution in [0.5, 0.6) is 0 Å². The van der Waals surface area contributed by atoms with Crippen LogP contribution in [-0.4, -0.2) is 21.9 Å². The van der Waals surface area contributed by atoms with Crippen LogP contribution in [0.15, 0.2) is 72.4 Å². The Morgan fingerprint density at radius 3 is 1.97 bits per heavy atom. The molecule has 30 heavy (non-hydrogen) atoms. The maximum Gasteiger partial charge on any atom is 0.454 e. The summed E-state index contributed by atoms with van der Waals surface area (Å²) in [6.07, 6.45) is -0.896. The van der Waals surface area contributed by atoms with Gasteiger partial charge in [-0.15, -0.1) is 11.3 Å². The molecule has 0 saturated carbocycles. The molecular formula is C21H14EuF3N2O2S-. The first-order chi connectivity index (χ1) is 13.9. The number of alkyl halides is 3. The standard InChI is InChI=1S/C12H8N2.C9H6F3O2S.Eu/c1-3-9-5-6-10-4-2-8-14-12(10)11(9)13-7-1;1-14-6(7-3-2-4-15-7)5-8(13)9(10,11)12;/h1-8H;2-5H,1H2;/q;-1;/b;6-5-;. The monoisotopic (exact) mass is 568 g/mol. The number of thiophene rings is 1. The van der Waals surface area contributed by atoms with Crippen LogP contribution in [0.3, 0.4) is 0 Å². The van der Waals surface area contributed by atoms with E-state index in [9.17, 15) is 18.0 Å². The van der Waals surface area contributed by atoms with Crippen molar-refractivity contribution in [3.05, 3.63) is 84.4 Å². The molecule has 1 radical (unpaired) electrons. The van der Waals surface area contributed by atoms with E-state index in [1.807, 2.05) is 12.1 Å². The van der Waals surface area contributed by atoms with Gasteiger partial charge in [0.05, 0.1) is 15.9 Å². The summed E-state index contributed by atoms with van der Waals surface area (Å²) in [6.45, 7) is 0. The van der Waals surface area contributed by atoms with E-state index < -0.39 is 12.0 Å². The number of carbonyl (C=O) groups excluding carboxylic acids is 1. The molecule has 1 aromatic carbocycles. The molecule has 0 fully saturated rings. The third kappa shape index (κ3) is 6.17. The maximum absolute atomic E-state index is 11.9. The van der Waals surface area contributed by atoms with Gasteiger partial charge in [-0.2, -0.15) is 20.3 Å². The Balaban J connectivity index is 0.000000207. The Morgan fingerprint density at radius 2 is 1.53 bits per heavy atom. The van der Waals surface area contributed by atoms with Gasteiger partial charge in [0.25, 0.3) is 5.78 Å². The van der Waals surface area contributed by atoms with Crippen molar-refractivity contribution in [3.8, 4) is 0 Å². The van der Waals surface area contributed by atoms with Gasteiger partial charge in [-0.05, 0) is 23.6 Å². The van der Waals surface area contributed by atoms with Gasteiger partial charge in [0.15, 0.2) is 0 Å². The second kappa shape index (κ2) is 11.1. The molecule has 0 spiro atoms. The van der Waals surface area contributed by atoms with Gasteiger partial charge in [0.2, 0.25) is 0 Å². The Labute approximate surface area is 215 Å². The molecule has 0 N–H and O–H groups in total. The smallest absolute Gasteiger partial charge is 0.454 e. The molecule has 0 saturated heterocycles. The average molecular weight is 567 g/mol. The van der Waals surface area contributed by atoms with Crippen molar-refractivity contribution in [3.63, 3.8) is 0 Å². The number of ether oxygens (including phenoxy) is 1. The number of hydrogen-bond acceptors (Lipinski definition) is 5. The SMILES string of the molecule is [CH2-]O/C(=C\C(=O)C(F)(F)F)c1cccs1.[Eu].c1cnc2c(c1)ccc1cccnc12. The molecule has 155 valence electrons. The number of fused-ring (bicyclic) bond motifs is 3. The normalized spacial score (nSPS) is 11.4. The number of pyridine rings is 2. The van der Waals surface area contributed by atoms with Gasteiger partial charge in [0.1, 0.15) is 5.76 Å². The van der Waals surface area contributed by atoms with Crippen LogP contribution in [0.25, 0.3) is 27.6 Å². The van der Waals surface area contributed by atoms with Crippen LogP contribution in [0.1, 0.15) is 4.88 Å². The van der Waals surface area contributed by atoms with Gasteiger partial charge in [-0.1, -0.05) is 30.3 Å². The minimum absolute atomic E-state index is 0. The van der Waals surface area contributed by atoms with Crippen LogP contribution in [0.2, 0.25) is 0 Å². The van der Waals surface area contributed by atoms with Crippen molar-refractivity contribution in [2.75, 3.05) is 0 Å². The van der Waals surface area contributed by atoms with Gasteiger partial charge >= 0.3 is 6.18 Å². The van der Waals surface area contributed by atoms with Crippen LogP contribution in [0.4, 0.5) is 13.2 Å². The third-order valence-electron chi connectivity index (χ3n) is 3.81. The number of hydrogen-bond donors (Lipinski definition) is 0.